The zero-order valence-corrected chi connectivity index (χ0v) is 13.0. The summed E-state index contributed by atoms with van der Waals surface area (Å²) in [6.45, 7) is 0.0504. The van der Waals surface area contributed by atoms with E-state index in [1.165, 1.54) is 12.1 Å². The summed E-state index contributed by atoms with van der Waals surface area (Å²) in [7, 11) is 0. The van der Waals surface area contributed by atoms with Crippen LogP contribution in [0.2, 0.25) is 10.0 Å². The Hall–Kier alpha value is -1.49. The highest BCUT2D eigenvalue weighted by molar-refractivity contribution is 6.35. The monoisotopic (exact) mass is 348 g/mol. The lowest BCUT2D eigenvalue weighted by Crippen LogP contribution is -2.11. The van der Waals surface area contributed by atoms with Gasteiger partial charge in [0.2, 0.25) is 0 Å². The molecule has 2 aromatic rings. The van der Waals surface area contributed by atoms with Crippen molar-refractivity contribution >= 4 is 41.4 Å². The highest BCUT2D eigenvalue weighted by Crippen LogP contribution is 2.27. The van der Waals surface area contributed by atoms with Crippen LogP contribution >= 0.6 is 35.6 Å². The number of amidine groups is 1. The van der Waals surface area contributed by atoms with Gasteiger partial charge in [0.05, 0.1) is 0 Å². The van der Waals surface area contributed by atoms with Gasteiger partial charge in [-0.1, -0.05) is 29.3 Å². The van der Waals surface area contributed by atoms with Gasteiger partial charge in [-0.05, 0) is 30.3 Å². The van der Waals surface area contributed by atoms with E-state index in [1.54, 1.807) is 18.2 Å². The average Bonchev–Trinajstić information content (AvgIpc) is 2.39. The normalized spacial score (nSPS) is 9.86. The summed E-state index contributed by atoms with van der Waals surface area (Å²) >= 11 is 12.0. The summed E-state index contributed by atoms with van der Waals surface area (Å²) in [6, 6.07) is 9.15. The third kappa shape index (κ3) is 4.24. The molecule has 0 aromatic heterocycles. The molecule has 112 valence electrons. The molecule has 0 heterocycles. The smallest absolute Gasteiger partial charge is 0.165 e. The van der Waals surface area contributed by atoms with Gasteiger partial charge < -0.3 is 10.5 Å². The summed E-state index contributed by atoms with van der Waals surface area (Å²) in [6.07, 6.45) is 0. The molecular weight excluding hydrogens is 338 g/mol. The summed E-state index contributed by atoms with van der Waals surface area (Å²) in [5.41, 5.74) is 6.16. The molecule has 0 bridgehead atoms. The number of ether oxygens (including phenoxy) is 1. The molecule has 0 aliphatic heterocycles. The van der Waals surface area contributed by atoms with Crippen LogP contribution in [0, 0.1) is 11.2 Å². The SMILES string of the molecule is Cl.N=C(N)c1ccc(OCc2c(Cl)cccc2Cl)c(F)c1. The number of nitrogens with two attached hydrogens (primary N) is 1. The van der Waals surface area contributed by atoms with Gasteiger partial charge in [0.15, 0.2) is 11.6 Å². The molecule has 0 unspecified atom stereocenters. The molecule has 3 nitrogen and oxygen atoms in total. The molecular formula is C14H12Cl3FN2O. The van der Waals surface area contributed by atoms with Crippen molar-refractivity contribution in [1.29, 1.82) is 5.41 Å². The van der Waals surface area contributed by atoms with E-state index < -0.39 is 5.82 Å². The molecule has 7 heteroatoms. The fraction of sp³-hybridized carbons (Fsp3) is 0.0714. The second-order valence-corrected chi connectivity index (χ2v) is 4.86. The van der Waals surface area contributed by atoms with E-state index >= 15 is 0 Å². The maximum Gasteiger partial charge on any atom is 0.165 e. The van der Waals surface area contributed by atoms with Crippen molar-refractivity contribution in [2.24, 2.45) is 5.73 Å². The lowest BCUT2D eigenvalue weighted by molar-refractivity contribution is 0.290. The molecule has 3 N–H and O–H groups in total. The molecule has 0 aliphatic carbocycles. The molecule has 0 saturated carbocycles. The van der Waals surface area contributed by atoms with E-state index in [0.717, 1.165) is 6.07 Å². The Morgan fingerprint density at radius 3 is 2.33 bits per heavy atom. The lowest BCUT2D eigenvalue weighted by atomic mass is 10.2. The van der Waals surface area contributed by atoms with Crippen LogP contribution in [0.25, 0.3) is 0 Å². The number of benzene rings is 2. The van der Waals surface area contributed by atoms with E-state index in [9.17, 15) is 4.39 Å². The van der Waals surface area contributed by atoms with Crippen LogP contribution in [-0.2, 0) is 6.61 Å². The third-order valence-electron chi connectivity index (χ3n) is 2.68. The number of hydrogen-bond donors (Lipinski definition) is 2. The molecule has 0 fully saturated rings. The van der Waals surface area contributed by atoms with Crippen molar-refractivity contribution in [3.05, 3.63) is 63.4 Å². The van der Waals surface area contributed by atoms with Crippen LogP contribution in [-0.4, -0.2) is 5.84 Å². The van der Waals surface area contributed by atoms with E-state index in [4.69, 9.17) is 39.1 Å². The zero-order chi connectivity index (χ0) is 14.7. The Bertz CT molecular complexity index is 644. The van der Waals surface area contributed by atoms with Crippen LogP contribution in [0.15, 0.2) is 36.4 Å². The Morgan fingerprint density at radius 1 is 1.19 bits per heavy atom. The van der Waals surface area contributed by atoms with E-state index in [1.807, 2.05) is 0 Å². The van der Waals surface area contributed by atoms with Crippen LogP contribution < -0.4 is 10.5 Å². The van der Waals surface area contributed by atoms with E-state index in [2.05, 4.69) is 0 Å². The van der Waals surface area contributed by atoms with Crippen molar-refractivity contribution in [2.45, 2.75) is 6.61 Å². The number of nitrogen functional groups attached to an aromatic ring is 1. The lowest BCUT2D eigenvalue weighted by Gasteiger charge is -2.10. The van der Waals surface area contributed by atoms with Crippen LogP contribution in [0.4, 0.5) is 4.39 Å². The van der Waals surface area contributed by atoms with Crippen molar-refractivity contribution in [1.82, 2.24) is 0 Å². The molecule has 2 rings (SSSR count). The first kappa shape index (κ1) is 17.6. The minimum Gasteiger partial charge on any atom is -0.486 e. The maximum atomic E-state index is 13.8. The van der Waals surface area contributed by atoms with E-state index in [-0.39, 0.29) is 30.6 Å². The van der Waals surface area contributed by atoms with Gasteiger partial charge in [0.1, 0.15) is 12.4 Å². The Balaban J connectivity index is 0.00000220. The van der Waals surface area contributed by atoms with Gasteiger partial charge >= 0.3 is 0 Å². The van der Waals surface area contributed by atoms with Gasteiger partial charge in [0, 0.05) is 21.2 Å². The second kappa shape index (κ2) is 7.50. The van der Waals surface area contributed by atoms with Gasteiger partial charge in [-0.2, -0.15) is 0 Å². The van der Waals surface area contributed by atoms with Crippen LogP contribution in [0.3, 0.4) is 0 Å². The fourth-order valence-electron chi connectivity index (χ4n) is 1.61. The summed E-state index contributed by atoms with van der Waals surface area (Å²) in [5, 5.41) is 8.14. The van der Waals surface area contributed by atoms with Gasteiger partial charge in [0.25, 0.3) is 0 Å². The predicted octanol–water partition coefficient (Wildman–Crippen LogP) is 4.42. The number of rotatable bonds is 4. The molecule has 21 heavy (non-hydrogen) atoms. The fourth-order valence-corrected chi connectivity index (χ4v) is 2.11. The van der Waals surface area contributed by atoms with Gasteiger partial charge in [-0.25, -0.2) is 4.39 Å². The largest absolute Gasteiger partial charge is 0.486 e. The molecule has 0 amide bonds. The quantitative estimate of drug-likeness (QED) is 0.634. The number of hydrogen-bond acceptors (Lipinski definition) is 2. The van der Waals surface area contributed by atoms with Gasteiger partial charge in [-0.3, -0.25) is 5.41 Å². The minimum atomic E-state index is -0.596. The first-order valence-electron chi connectivity index (χ1n) is 5.68. The summed E-state index contributed by atoms with van der Waals surface area (Å²) in [5.74, 6) is -0.753. The van der Waals surface area contributed by atoms with E-state index in [0.29, 0.717) is 21.2 Å². The Morgan fingerprint density at radius 2 is 1.81 bits per heavy atom. The van der Waals surface area contributed by atoms with Gasteiger partial charge in [-0.15, -0.1) is 12.4 Å². The Labute approximate surface area is 137 Å². The molecule has 0 radical (unpaired) electrons. The molecule has 0 atom stereocenters. The van der Waals surface area contributed by atoms with Crippen molar-refractivity contribution < 1.29 is 9.13 Å². The third-order valence-corrected chi connectivity index (χ3v) is 3.38. The highest BCUT2D eigenvalue weighted by Gasteiger charge is 2.10. The Kier molecular flexibility index (Phi) is 6.27. The maximum absolute atomic E-state index is 13.8. The summed E-state index contributed by atoms with van der Waals surface area (Å²) in [4.78, 5) is 0. The van der Waals surface area contributed by atoms with Crippen molar-refractivity contribution in [2.75, 3.05) is 0 Å². The van der Waals surface area contributed by atoms with Crippen LogP contribution in [0.1, 0.15) is 11.1 Å². The minimum absolute atomic E-state index is 0. The predicted molar refractivity (Wildman–Crippen MR) is 85.5 cm³/mol. The summed E-state index contributed by atoms with van der Waals surface area (Å²) < 4.78 is 19.1. The first-order chi connectivity index (χ1) is 9.49. The van der Waals surface area contributed by atoms with Crippen LogP contribution in [0.5, 0.6) is 5.75 Å². The number of halogens is 4. The molecule has 0 saturated heterocycles. The topological polar surface area (TPSA) is 59.1 Å². The number of nitrogens with one attached hydrogen (secondary N) is 1. The van der Waals surface area contributed by atoms with Crippen molar-refractivity contribution in [3.63, 3.8) is 0 Å². The zero-order valence-electron chi connectivity index (χ0n) is 10.7. The molecule has 0 aliphatic rings. The molecule has 2 aromatic carbocycles. The molecule has 0 spiro atoms. The standard InChI is InChI=1S/C14H11Cl2FN2O.ClH/c15-10-2-1-3-11(16)9(10)7-20-13-5-4-8(14(18)19)6-12(13)17;/h1-6H,7H2,(H3,18,19);1H. The average molecular weight is 350 g/mol. The highest BCUT2D eigenvalue weighted by atomic mass is 35.5. The first-order valence-corrected chi connectivity index (χ1v) is 6.44. The second-order valence-electron chi connectivity index (χ2n) is 4.05. The van der Waals surface area contributed by atoms with Crippen molar-refractivity contribution in [3.8, 4) is 5.75 Å².